The minimum Gasteiger partial charge on any atom is -0.299 e. The van der Waals surface area contributed by atoms with Crippen LogP contribution in [0.5, 0.6) is 0 Å². The first-order chi connectivity index (χ1) is 7.35. The highest BCUT2D eigenvalue weighted by molar-refractivity contribution is 4.96. The van der Waals surface area contributed by atoms with Gasteiger partial charge in [-0.25, -0.2) is 0 Å². The zero-order valence-electron chi connectivity index (χ0n) is 9.15. The molecule has 84 valence electrons. The Morgan fingerprint density at radius 3 is 2.60 bits per heavy atom. The van der Waals surface area contributed by atoms with Crippen molar-refractivity contribution in [2.75, 3.05) is 32.7 Å². The van der Waals surface area contributed by atoms with Gasteiger partial charge in [-0.2, -0.15) is 0 Å². The largest absolute Gasteiger partial charge is 0.299 e. The maximum atomic E-state index is 5.61. The van der Waals surface area contributed by atoms with Crippen LogP contribution in [0.2, 0.25) is 0 Å². The van der Waals surface area contributed by atoms with E-state index in [-0.39, 0.29) is 0 Å². The molecule has 0 radical (unpaired) electrons. The maximum Gasteiger partial charge on any atom is 0.0391 e. The molecule has 0 spiro atoms. The standard InChI is InChI=1S/C11H20N4/c1-2-3-4-10(13-12)11-9-14-5-7-15(11)8-6-14/h1,10-11,13H,3-9,12H2. The summed E-state index contributed by atoms with van der Waals surface area (Å²) in [5.74, 6) is 8.30. The average Bonchev–Trinajstić information content (AvgIpc) is 2.32. The molecule has 0 aliphatic carbocycles. The lowest BCUT2D eigenvalue weighted by molar-refractivity contribution is -0.00425. The summed E-state index contributed by atoms with van der Waals surface area (Å²) in [6.07, 6.45) is 7.07. The predicted octanol–water partition coefficient (Wildman–Crippen LogP) is -0.768. The molecule has 0 aromatic carbocycles. The summed E-state index contributed by atoms with van der Waals surface area (Å²) in [6.45, 7) is 5.92. The Kier molecular flexibility index (Phi) is 3.60. The monoisotopic (exact) mass is 208 g/mol. The van der Waals surface area contributed by atoms with Crippen LogP contribution in [0.3, 0.4) is 0 Å². The van der Waals surface area contributed by atoms with Crippen LogP contribution in [0.4, 0.5) is 0 Å². The third-order valence-electron chi connectivity index (χ3n) is 3.60. The summed E-state index contributed by atoms with van der Waals surface area (Å²) in [5.41, 5.74) is 2.93. The van der Waals surface area contributed by atoms with E-state index < -0.39 is 0 Å². The van der Waals surface area contributed by atoms with E-state index in [1.54, 1.807) is 0 Å². The van der Waals surface area contributed by atoms with E-state index in [1.807, 2.05) is 0 Å². The predicted molar refractivity (Wildman–Crippen MR) is 61.0 cm³/mol. The molecular formula is C11H20N4. The molecule has 3 heterocycles. The minimum absolute atomic E-state index is 0.337. The van der Waals surface area contributed by atoms with E-state index in [0.717, 1.165) is 19.4 Å². The Bertz CT molecular complexity index is 239. The van der Waals surface area contributed by atoms with Crippen LogP contribution < -0.4 is 11.3 Å². The second-order valence-corrected chi connectivity index (χ2v) is 4.42. The second kappa shape index (κ2) is 4.95. The van der Waals surface area contributed by atoms with Crippen molar-refractivity contribution in [2.45, 2.75) is 24.9 Å². The summed E-state index contributed by atoms with van der Waals surface area (Å²) in [6, 6.07) is 0.884. The molecule has 0 aromatic rings. The summed E-state index contributed by atoms with van der Waals surface area (Å²) in [4.78, 5) is 5.06. The van der Waals surface area contributed by atoms with Gasteiger partial charge < -0.3 is 0 Å². The number of nitrogens with zero attached hydrogens (tertiary/aromatic N) is 2. The van der Waals surface area contributed by atoms with Crippen molar-refractivity contribution in [2.24, 2.45) is 5.84 Å². The first-order valence-electron chi connectivity index (χ1n) is 5.71. The topological polar surface area (TPSA) is 44.5 Å². The quantitative estimate of drug-likeness (QED) is 0.362. The van der Waals surface area contributed by atoms with Crippen molar-refractivity contribution in [3.63, 3.8) is 0 Å². The molecule has 0 amide bonds. The van der Waals surface area contributed by atoms with Crippen molar-refractivity contribution < 1.29 is 0 Å². The molecule has 3 N–H and O–H groups in total. The van der Waals surface area contributed by atoms with Gasteiger partial charge in [-0.05, 0) is 6.42 Å². The Labute approximate surface area is 91.8 Å². The fourth-order valence-electron chi connectivity index (χ4n) is 2.66. The molecule has 2 unspecified atom stereocenters. The van der Waals surface area contributed by atoms with Crippen LogP contribution in [0.1, 0.15) is 12.8 Å². The second-order valence-electron chi connectivity index (χ2n) is 4.42. The normalized spacial score (nSPS) is 36.1. The lowest BCUT2D eigenvalue weighted by atomic mass is 9.97. The van der Waals surface area contributed by atoms with Crippen LogP contribution in [-0.4, -0.2) is 54.6 Å². The molecule has 3 aliphatic heterocycles. The minimum atomic E-state index is 0.337. The summed E-state index contributed by atoms with van der Waals surface area (Å²) >= 11 is 0. The van der Waals surface area contributed by atoms with Gasteiger partial charge in [0.2, 0.25) is 0 Å². The van der Waals surface area contributed by atoms with Crippen molar-refractivity contribution in [3.05, 3.63) is 0 Å². The Morgan fingerprint density at radius 1 is 1.40 bits per heavy atom. The van der Waals surface area contributed by atoms with Crippen molar-refractivity contribution in [1.29, 1.82) is 0 Å². The van der Waals surface area contributed by atoms with Gasteiger partial charge in [0.1, 0.15) is 0 Å². The Hall–Kier alpha value is -0.600. The molecule has 0 aromatic heterocycles. The zero-order valence-corrected chi connectivity index (χ0v) is 9.15. The number of piperazine rings is 3. The highest BCUT2D eigenvalue weighted by atomic mass is 15.4. The molecule has 0 saturated carbocycles. The number of rotatable bonds is 4. The summed E-state index contributed by atoms with van der Waals surface area (Å²) in [7, 11) is 0. The highest BCUT2D eigenvalue weighted by Crippen LogP contribution is 2.19. The average molecular weight is 208 g/mol. The molecule has 3 rings (SSSR count). The van der Waals surface area contributed by atoms with Crippen LogP contribution in [-0.2, 0) is 0 Å². The number of terminal acetylenes is 1. The van der Waals surface area contributed by atoms with Gasteiger partial charge in [0.05, 0.1) is 0 Å². The molecule has 2 bridgehead atoms. The van der Waals surface area contributed by atoms with Crippen LogP contribution in [0, 0.1) is 12.3 Å². The Morgan fingerprint density at radius 2 is 2.13 bits per heavy atom. The van der Waals surface area contributed by atoms with E-state index in [1.165, 1.54) is 26.2 Å². The summed E-state index contributed by atoms with van der Waals surface area (Å²) in [5, 5.41) is 0. The molecule has 15 heavy (non-hydrogen) atoms. The molecule has 3 saturated heterocycles. The van der Waals surface area contributed by atoms with E-state index >= 15 is 0 Å². The number of hydrogen-bond acceptors (Lipinski definition) is 4. The molecule has 3 aliphatic rings. The van der Waals surface area contributed by atoms with Crippen molar-refractivity contribution in [1.82, 2.24) is 15.2 Å². The lowest BCUT2D eigenvalue weighted by Gasteiger charge is -2.50. The number of nitrogens with two attached hydrogens (primary N) is 1. The van der Waals surface area contributed by atoms with E-state index in [9.17, 15) is 0 Å². The van der Waals surface area contributed by atoms with Gasteiger partial charge in [-0.3, -0.25) is 21.1 Å². The van der Waals surface area contributed by atoms with E-state index in [0.29, 0.717) is 12.1 Å². The van der Waals surface area contributed by atoms with Crippen molar-refractivity contribution >= 4 is 0 Å². The molecule has 4 nitrogen and oxygen atoms in total. The molecule has 4 heteroatoms. The highest BCUT2D eigenvalue weighted by Gasteiger charge is 2.35. The zero-order chi connectivity index (χ0) is 10.7. The smallest absolute Gasteiger partial charge is 0.0391 e. The number of hydrazine groups is 1. The number of hydrogen-bond donors (Lipinski definition) is 2. The van der Waals surface area contributed by atoms with Crippen LogP contribution >= 0.6 is 0 Å². The lowest BCUT2D eigenvalue weighted by Crippen LogP contribution is -2.67. The Balaban J connectivity index is 1.93. The fourth-order valence-corrected chi connectivity index (χ4v) is 2.66. The molecule has 2 atom stereocenters. The number of nitrogens with one attached hydrogen (secondary N) is 1. The van der Waals surface area contributed by atoms with E-state index in [2.05, 4.69) is 21.1 Å². The van der Waals surface area contributed by atoms with Gasteiger partial charge in [-0.15, -0.1) is 12.3 Å². The first-order valence-corrected chi connectivity index (χ1v) is 5.71. The summed E-state index contributed by atoms with van der Waals surface area (Å²) < 4.78 is 0. The SMILES string of the molecule is C#CCCC(NN)C1CN2CCN1CC2. The van der Waals surface area contributed by atoms with Crippen LogP contribution in [0.25, 0.3) is 0 Å². The first kappa shape index (κ1) is 10.9. The molecular weight excluding hydrogens is 188 g/mol. The maximum absolute atomic E-state index is 5.61. The van der Waals surface area contributed by atoms with Gasteiger partial charge in [0.15, 0.2) is 0 Å². The van der Waals surface area contributed by atoms with Crippen LogP contribution in [0.15, 0.2) is 0 Å². The molecule has 3 fully saturated rings. The fraction of sp³-hybridized carbons (Fsp3) is 0.818. The van der Waals surface area contributed by atoms with Crippen molar-refractivity contribution in [3.8, 4) is 12.3 Å². The van der Waals surface area contributed by atoms with Gasteiger partial charge in [0, 0.05) is 51.2 Å². The third kappa shape index (κ3) is 2.32. The third-order valence-corrected chi connectivity index (χ3v) is 3.60. The van der Waals surface area contributed by atoms with E-state index in [4.69, 9.17) is 12.3 Å². The van der Waals surface area contributed by atoms with Gasteiger partial charge in [-0.1, -0.05) is 0 Å². The van der Waals surface area contributed by atoms with Gasteiger partial charge in [0.25, 0.3) is 0 Å². The number of fused-ring (bicyclic) bond motifs is 3. The van der Waals surface area contributed by atoms with Gasteiger partial charge >= 0.3 is 0 Å².